The molecule has 0 spiro atoms. The second kappa shape index (κ2) is 9.03. The largest absolute Gasteiger partial charge is 0.469 e. The summed E-state index contributed by atoms with van der Waals surface area (Å²) >= 11 is 0. The molecule has 8 heteroatoms. The summed E-state index contributed by atoms with van der Waals surface area (Å²) < 4.78 is 9.59. The van der Waals surface area contributed by atoms with Gasteiger partial charge in [0.2, 0.25) is 0 Å². The average Bonchev–Trinajstić information content (AvgIpc) is 2.34. The topological polar surface area (TPSA) is 113 Å². The maximum absolute atomic E-state index is 11.3. The molecule has 0 saturated heterocycles. The third-order valence-corrected chi connectivity index (χ3v) is 2.24. The molecule has 0 bridgehead atoms. The molecule has 20 heavy (non-hydrogen) atoms. The average molecular weight is 286 g/mol. The molecule has 0 aliphatic carbocycles. The van der Waals surface area contributed by atoms with Crippen molar-refractivity contribution >= 4 is 12.1 Å². The molecule has 0 fully saturated rings. The number of carbonyl (C=O) groups excluding carboxylic acids is 2. The van der Waals surface area contributed by atoms with Gasteiger partial charge in [0, 0.05) is 11.5 Å². The molecule has 8 nitrogen and oxygen atoms in total. The molecule has 1 amide bonds. The number of carbonyl (C=O) groups is 2. The normalized spacial score (nSPS) is 12.0. The van der Waals surface area contributed by atoms with Crippen molar-refractivity contribution in [1.29, 1.82) is 0 Å². The summed E-state index contributed by atoms with van der Waals surface area (Å²) in [4.78, 5) is 25.2. The third-order valence-electron chi connectivity index (χ3n) is 2.24. The van der Waals surface area contributed by atoms with Crippen LogP contribution >= 0.6 is 0 Å². The van der Waals surface area contributed by atoms with Crippen LogP contribution < -0.4 is 5.32 Å². The van der Waals surface area contributed by atoms with Crippen LogP contribution in [0.15, 0.2) is 5.11 Å². The number of hydrogen-bond acceptors (Lipinski definition) is 5. The van der Waals surface area contributed by atoms with Gasteiger partial charge in [-0.05, 0) is 39.1 Å². The first-order chi connectivity index (χ1) is 9.30. The number of alkyl carbamates (subject to hydrolysis) is 1. The Hall–Kier alpha value is -1.95. The predicted molar refractivity (Wildman–Crippen MR) is 73.0 cm³/mol. The fourth-order valence-electron chi connectivity index (χ4n) is 1.39. The van der Waals surface area contributed by atoms with Crippen molar-refractivity contribution in [2.45, 2.75) is 51.7 Å². The van der Waals surface area contributed by atoms with Crippen LogP contribution in [0.2, 0.25) is 0 Å². The van der Waals surface area contributed by atoms with Crippen LogP contribution in [0.5, 0.6) is 0 Å². The smallest absolute Gasteiger partial charge is 0.407 e. The van der Waals surface area contributed by atoms with Crippen molar-refractivity contribution in [1.82, 2.24) is 5.32 Å². The second-order valence-electron chi connectivity index (χ2n) is 5.17. The summed E-state index contributed by atoms with van der Waals surface area (Å²) in [6.07, 6.45) is 1.17. The quantitative estimate of drug-likeness (QED) is 0.254. The summed E-state index contributed by atoms with van der Waals surface area (Å²) in [5.41, 5.74) is 7.82. The Bertz CT molecular complexity index is 372. The van der Waals surface area contributed by atoms with E-state index in [1.807, 2.05) is 0 Å². The van der Waals surface area contributed by atoms with E-state index >= 15 is 0 Å². The van der Waals surface area contributed by atoms with Crippen molar-refractivity contribution in [2.24, 2.45) is 5.11 Å². The Kier molecular flexibility index (Phi) is 8.15. The number of rotatable bonds is 7. The highest BCUT2D eigenvalue weighted by atomic mass is 16.6. The van der Waals surface area contributed by atoms with E-state index in [0.29, 0.717) is 25.8 Å². The first-order valence-electron chi connectivity index (χ1n) is 6.39. The fourth-order valence-corrected chi connectivity index (χ4v) is 1.39. The van der Waals surface area contributed by atoms with Gasteiger partial charge in [-0.3, -0.25) is 4.79 Å². The monoisotopic (exact) mass is 286 g/mol. The van der Waals surface area contributed by atoms with Crippen LogP contribution in [0.25, 0.3) is 10.4 Å². The highest BCUT2D eigenvalue weighted by Crippen LogP contribution is 2.08. The van der Waals surface area contributed by atoms with Crippen LogP contribution in [0, 0.1) is 0 Å². The lowest BCUT2D eigenvalue weighted by Gasteiger charge is -2.19. The summed E-state index contributed by atoms with van der Waals surface area (Å²) in [5, 5.41) is 5.98. The van der Waals surface area contributed by atoms with E-state index < -0.39 is 23.7 Å². The number of unbranched alkanes of at least 4 members (excludes halogenated alkanes) is 1. The van der Waals surface area contributed by atoms with E-state index in [9.17, 15) is 9.59 Å². The van der Waals surface area contributed by atoms with Gasteiger partial charge < -0.3 is 14.8 Å². The molecule has 0 heterocycles. The Morgan fingerprint density at radius 1 is 1.35 bits per heavy atom. The molecule has 1 unspecified atom stereocenters. The zero-order valence-corrected chi connectivity index (χ0v) is 12.4. The molecular weight excluding hydrogens is 264 g/mol. The fraction of sp³-hybridized carbons (Fsp3) is 0.833. The van der Waals surface area contributed by atoms with E-state index in [1.165, 1.54) is 7.11 Å². The molecule has 1 atom stereocenters. The number of amides is 1. The molecule has 0 aromatic carbocycles. The van der Waals surface area contributed by atoms with Gasteiger partial charge in [-0.25, -0.2) is 4.79 Å². The lowest BCUT2D eigenvalue weighted by Crippen LogP contribution is -2.33. The van der Waals surface area contributed by atoms with Gasteiger partial charge in [-0.2, -0.15) is 0 Å². The van der Waals surface area contributed by atoms with Crippen LogP contribution in [0.4, 0.5) is 4.79 Å². The van der Waals surface area contributed by atoms with Gasteiger partial charge in [0.25, 0.3) is 0 Å². The van der Waals surface area contributed by atoms with Crippen LogP contribution in [-0.4, -0.2) is 37.4 Å². The molecule has 0 aliphatic rings. The number of azide groups is 1. The highest BCUT2D eigenvalue weighted by molar-refractivity contribution is 5.75. The lowest BCUT2D eigenvalue weighted by molar-refractivity contribution is -0.142. The first-order valence-corrected chi connectivity index (χ1v) is 6.39. The number of ether oxygens (including phenoxy) is 2. The van der Waals surface area contributed by atoms with E-state index in [4.69, 9.17) is 10.3 Å². The van der Waals surface area contributed by atoms with Crippen molar-refractivity contribution in [3.8, 4) is 0 Å². The second-order valence-corrected chi connectivity index (χ2v) is 5.17. The number of esters is 1. The minimum atomic E-state index is -0.813. The molecule has 1 N–H and O–H groups in total. The van der Waals surface area contributed by atoms with Gasteiger partial charge in [0.05, 0.1) is 7.11 Å². The number of methoxy groups -OCH3 is 1. The third kappa shape index (κ3) is 9.04. The number of nitrogens with zero attached hydrogens (tertiary/aromatic N) is 3. The SMILES string of the molecule is COC(=O)C(CCCCNC(=O)OC(C)(C)C)N=[N+]=[N-]. The Morgan fingerprint density at radius 3 is 2.50 bits per heavy atom. The summed E-state index contributed by atoms with van der Waals surface area (Å²) in [5.74, 6) is -0.553. The maximum Gasteiger partial charge on any atom is 0.407 e. The van der Waals surface area contributed by atoms with Crippen molar-refractivity contribution < 1.29 is 19.1 Å². The van der Waals surface area contributed by atoms with Crippen LogP contribution in [0.3, 0.4) is 0 Å². The Labute approximate surface area is 118 Å². The van der Waals surface area contributed by atoms with Gasteiger partial charge in [-0.15, -0.1) is 0 Å². The zero-order chi connectivity index (χ0) is 15.6. The lowest BCUT2D eigenvalue weighted by atomic mass is 10.1. The molecular formula is C12H22N4O4. The maximum atomic E-state index is 11.3. The summed E-state index contributed by atoms with van der Waals surface area (Å²) in [6, 6.07) is -0.813. The van der Waals surface area contributed by atoms with Gasteiger partial charge in [0.1, 0.15) is 11.6 Å². The predicted octanol–water partition coefficient (Wildman–Crippen LogP) is 2.53. The molecule has 114 valence electrons. The molecule has 0 aliphatic heterocycles. The molecule has 0 saturated carbocycles. The molecule has 0 radical (unpaired) electrons. The minimum absolute atomic E-state index is 0.382. The number of hydrogen-bond donors (Lipinski definition) is 1. The van der Waals surface area contributed by atoms with Crippen LogP contribution in [-0.2, 0) is 14.3 Å². The molecule has 0 rings (SSSR count). The van der Waals surface area contributed by atoms with Gasteiger partial charge in [0.15, 0.2) is 0 Å². The Morgan fingerprint density at radius 2 is 2.00 bits per heavy atom. The minimum Gasteiger partial charge on any atom is -0.469 e. The van der Waals surface area contributed by atoms with E-state index in [2.05, 4.69) is 20.1 Å². The number of nitrogens with one attached hydrogen (secondary N) is 1. The van der Waals surface area contributed by atoms with Gasteiger partial charge >= 0.3 is 12.1 Å². The first kappa shape index (κ1) is 18.0. The standard InChI is InChI=1S/C12H22N4O4/c1-12(2,3)20-11(18)14-8-6-5-7-9(15-16-13)10(17)19-4/h9H,5-8H2,1-4H3,(H,14,18). The van der Waals surface area contributed by atoms with E-state index in [-0.39, 0.29) is 0 Å². The van der Waals surface area contributed by atoms with Gasteiger partial charge in [-0.1, -0.05) is 11.5 Å². The zero-order valence-electron chi connectivity index (χ0n) is 12.4. The molecule has 0 aromatic rings. The van der Waals surface area contributed by atoms with E-state index in [0.717, 1.165) is 0 Å². The Balaban J connectivity index is 3.87. The molecule has 0 aromatic heterocycles. The van der Waals surface area contributed by atoms with Crippen LogP contribution in [0.1, 0.15) is 40.0 Å². The highest BCUT2D eigenvalue weighted by Gasteiger charge is 2.17. The van der Waals surface area contributed by atoms with Crippen molar-refractivity contribution in [2.75, 3.05) is 13.7 Å². The van der Waals surface area contributed by atoms with Crippen molar-refractivity contribution in [3.63, 3.8) is 0 Å². The van der Waals surface area contributed by atoms with E-state index in [1.54, 1.807) is 20.8 Å². The van der Waals surface area contributed by atoms with Crippen molar-refractivity contribution in [3.05, 3.63) is 10.4 Å². The summed E-state index contributed by atoms with van der Waals surface area (Å²) in [6.45, 7) is 5.79. The summed E-state index contributed by atoms with van der Waals surface area (Å²) in [7, 11) is 1.24.